The molecule has 25 heavy (non-hydrogen) atoms. The largest absolute Gasteiger partial charge is 0.424 e. The number of carbonyl (C=O) groups excluding carboxylic acids is 1. The van der Waals surface area contributed by atoms with E-state index in [0.29, 0.717) is 0 Å². The van der Waals surface area contributed by atoms with Crippen LogP contribution in [0.3, 0.4) is 0 Å². The molecule has 0 saturated carbocycles. The quantitative estimate of drug-likeness (QED) is 0.170. The van der Waals surface area contributed by atoms with E-state index in [9.17, 15) is 4.79 Å². The van der Waals surface area contributed by atoms with Gasteiger partial charge in [-0.2, -0.15) is 0 Å². The van der Waals surface area contributed by atoms with E-state index in [1.165, 1.54) is 0 Å². The maximum Gasteiger partial charge on any atom is 0.308 e. The van der Waals surface area contributed by atoms with Gasteiger partial charge in [0.15, 0.2) is 5.75 Å². The second kappa shape index (κ2) is 8.26. The molecule has 0 radical (unpaired) electrons. The summed E-state index contributed by atoms with van der Waals surface area (Å²) in [6, 6.07) is 0. The number of rotatable bonds is 2. The van der Waals surface area contributed by atoms with Crippen LogP contribution in [0.1, 0.15) is 6.92 Å². The standard InChI is InChI=1S/C14H3Cl9O2/c1-2(24)25-14-4(7(17)10(20)12(22)13(14)23)3-5(15)8(18)11(21)9(19)6(3)16/h1H3. The molecule has 2 aromatic carbocycles. The molecule has 0 bridgehead atoms. The molecule has 0 unspecified atom stereocenters. The van der Waals surface area contributed by atoms with Gasteiger partial charge in [0.2, 0.25) is 0 Å². The maximum atomic E-state index is 11.5. The van der Waals surface area contributed by atoms with Gasteiger partial charge in [0.1, 0.15) is 5.02 Å². The zero-order valence-electron chi connectivity index (χ0n) is 11.7. The lowest BCUT2D eigenvalue weighted by atomic mass is 10.0. The Hall–Kier alpha value is 0.520. The first-order chi connectivity index (χ1) is 11.5. The van der Waals surface area contributed by atoms with Gasteiger partial charge in [0.25, 0.3) is 0 Å². The van der Waals surface area contributed by atoms with Gasteiger partial charge >= 0.3 is 5.97 Å². The molecule has 11 heteroatoms. The number of benzene rings is 2. The van der Waals surface area contributed by atoms with Crippen molar-refractivity contribution in [2.24, 2.45) is 0 Å². The number of carbonyl (C=O) groups is 1. The van der Waals surface area contributed by atoms with Gasteiger partial charge < -0.3 is 4.74 Å². The minimum Gasteiger partial charge on any atom is -0.424 e. The van der Waals surface area contributed by atoms with Gasteiger partial charge in [0, 0.05) is 18.1 Å². The van der Waals surface area contributed by atoms with E-state index in [0.717, 1.165) is 6.92 Å². The summed E-state index contributed by atoms with van der Waals surface area (Å²) < 4.78 is 5.13. The summed E-state index contributed by atoms with van der Waals surface area (Å²) >= 11 is 55.2. The van der Waals surface area contributed by atoms with Crippen LogP contribution < -0.4 is 4.74 Å². The van der Waals surface area contributed by atoms with E-state index >= 15 is 0 Å². The number of halogens is 9. The average molecular weight is 522 g/mol. The third-order valence-corrected chi connectivity index (χ3v) is 6.99. The number of hydrogen-bond acceptors (Lipinski definition) is 2. The fourth-order valence-corrected chi connectivity index (χ4v) is 4.19. The third-order valence-electron chi connectivity index (χ3n) is 2.93. The Morgan fingerprint density at radius 3 is 1.28 bits per heavy atom. The van der Waals surface area contributed by atoms with Crippen LogP contribution >= 0.6 is 104 Å². The second-order valence-corrected chi connectivity index (χ2v) is 7.90. The van der Waals surface area contributed by atoms with Gasteiger partial charge in [-0.3, -0.25) is 4.79 Å². The van der Waals surface area contributed by atoms with Crippen LogP contribution in [0.4, 0.5) is 0 Å². The summed E-state index contributed by atoms with van der Waals surface area (Å²) in [5, 5.41) is -0.920. The molecule has 0 fully saturated rings. The Morgan fingerprint density at radius 1 is 0.560 bits per heavy atom. The maximum absolute atomic E-state index is 11.5. The highest BCUT2D eigenvalue weighted by Crippen LogP contribution is 2.56. The van der Waals surface area contributed by atoms with Crippen LogP contribution in [0.2, 0.25) is 45.2 Å². The molecule has 0 spiro atoms. The minimum atomic E-state index is -0.698. The first kappa shape index (κ1) is 21.8. The molecule has 0 aromatic heterocycles. The summed E-state index contributed by atoms with van der Waals surface area (Å²) in [6.07, 6.45) is 0. The molecule has 0 heterocycles. The molecule has 0 N–H and O–H groups in total. The zero-order chi connectivity index (χ0) is 19.2. The van der Waals surface area contributed by atoms with Crippen molar-refractivity contribution in [3.05, 3.63) is 45.2 Å². The second-order valence-electron chi connectivity index (χ2n) is 4.50. The van der Waals surface area contributed by atoms with E-state index in [4.69, 9.17) is 109 Å². The SMILES string of the molecule is CC(=O)Oc1c(Cl)c(Cl)c(Cl)c(Cl)c1-c1c(Cl)c(Cl)c(Cl)c(Cl)c1Cl. The van der Waals surface area contributed by atoms with Crippen molar-refractivity contribution in [3.63, 3.8) is 0 Å². The summed E-state index contributed by atoms with van der Waals surface area (Å²) in [5.41, 5.74) is 0.0242. The predicted molar refractivity (Wildman–Crippen MR) is 108 cm³/mol. The Bertz CT molecular complexity index is 879. The van der Waals surface area contributed by atoms with Crippen molar-refractivity contribution in [2.75, 3.05) is 0 Å². The summed E-state index contributed by atoms with van der Waals surface area (Å²) in [7, 11) is 0. The van der Waals surface area contributed by atoms with Crippen LogP contribution in [0.25, 0.3) is 11.1 Å². The van der Waals surface area contributed by atoms with E-state index in [2.05, 4.69) is 0 Å². The Kier molecular flexibility index (Phi) is 7.21. The molecule has 0 aliphatic rings. The van der Waals surface area contributed by atoms with E-state index in [1.807, 2.05) is 0 Å². The Morgan fingerprint density at radius 2 is 0.880 bits per heavy atom. The molecule has 0 amide bonds. The highest BCUT2D eigenvalue weighted by atomic mass is 35.5. The predicted octanol–water partition coefficient (Wildman–Crippen LogP) is 9.16. The summed E-state index contributed by atoms with van der Waals surface area (Å²) in [6.45, 7) is 1.15. The van der Waals surface area contributed by atoms with Crippen molar-refractivity contribution >= 4 is 110 Å². The van der Waals surface area contributed by atoms with E-state index in [-0.39, 0.29) is 62.1 Å². The van der Waals surface area contributed by atoms with Crippen molar-refractivity contribution < 1.29 is 9.53 Å². The Labute approximate surface area is 187 Å². The lowest BCUT2D eigenvalue weighted by Crippen LogP contribution is -2.05. The fourth-order valence-electron chi connectivity index (χ4n) is 1.90. The van der Waals surface area contributed by atoms with Crippen LogP contribution in [0.5, 0.6) is 5.75 Å². The van der Waals surface area contributed by atoms with Gasteiger partial charge in [-0.05, 0) is 0 Å². The van der Waals surface area contributed by atoms with E-state index in [1.54, 1.807) is 0 Å². The molecule has 2 aromatic rings. The highest BCUT2D eigenvalue weighted by Gasteiger charge is 2.29. The molecular formula is C14H3Cl9O2. The normalized spacial score (nSPS) is 11.0. The van der Waals surface area contributed by atoms with Gasteiger partial charge in [-0.15, -0.1) is 0 Å². The van der Waals surface area contributed by atoms with Crippen LogP contribution in [-0.2, 0) is 4.79 Å². The topological polar surface area (TPSA) is 26.3 Å². The van der Waals surface area contributed by atoms with Crippen molar-refractivity contribution in [1.82, 2.24) is 0 Å². The molecule has 0 aliphatic carbocycles. The van der Waals surface area contributed by atoms with Gasteiger partial charge in [-0.1, -0.05) is 104 Å². The Balaban J connectivity index is 3.06. The minimum absolute atomic E-state index is 0.00765. The van der Waals surface area contributed by atoms with E-state index < -0.39 is 5.97 Å². The highest BCUT2D eigenvalue weighted by molar-refractivity contribution is 6.58. The molecule has 0 aliphatic heterocycles. The molecule has 2 nitrogen and oxygen atoms in total. The molecular weight excluding hydrogens is 519 g/mol. The van der Waals surface area contributed by atoms with Crippen LogP contribution in [0, 0.1) is 0 Å². The van der Waals surface area contributed by atoms with Crippen LogP contribution in [-0.4, -0.2) is 5.97 Å². The van der Waals surface area contributed by atoms with Crippen molar-refractivity contribution in [2.45, 2.75) is 6.92 Å². The molecule has 0 saturated heterocycles. The summed E-state index contributed by atoms with van der Waals surface area (Å²) in [4.78, 5) is 11.5. The van der Waals surface area contributed by atoms with Crippen molar-refractivity contribution in [3.8, 4) is 16.9 Å². The molecule has 0 atom stereocenters. The van der Waals surface area contributed by atoms with Gasteiger partial charge in [0.05, 0.1) is 40.2 Å². The summed E-state index contributed by atoms with van der Waals surface area (Å²) in [5.74, 6) is -0.900. The number of hydrogen-bond donors (Lipinski definition) is 0. The first-order valence-corrected chi connectivity index (χ1v) is 9.46. The molecule has 134 valence electrons. The lowest BCUT2D eigenvalue weighted by molar-refractivity contribution is -0.131. The third kappa shape index (κ3) is 3.89. The average Bonchev–Trinajstić information content (AvgIpc) is 2.56. The zero-order valence-corrected chi connectivity index (χ0v) is 18.5. The first-order valence-electron chi connectivity index (χ1n) is 6.06. The van der Waals surface area contributed by atoms with Crippen molar-refractivity contribution in [1.29, 1.82) is 0 Å². The van der Waals surface area contributed by atoms with Gasteiger partial charge in [-0.25, -0.2) is 0 Å². The lowest BCUT2D eigenvalue weighted by Gasteiger charge is -2.19. The monoisotopic (exact) mass is 518 g/mol. The fraction of sp³-hybridized carbons (Fsp3) is 0.0714. The molecule has 2 rings (SSSR count). The number of esters is 1. The smallest absolute Gasteiger partial charge is 0.308 e. The number of ether oxygens (including phenoxy) is 1. The van der Waals surface area contributed by atoms with Crippen LogP contribution in [0.15, 0.2) is 0 Å².